The van der Waals surface area contributed by atoms with Crippen molar-refractivity contribution in [2.45, 2.75) is 0 Å². The summed E-state index contributed by atoms with van der Waals surface area (Å²) in [6, 6.07) is 12.7. The summed E-state index contributed by atoms with van der Waals surface area (Å²) in [5, 5.41) is 8.53. The fraction of sp³-hybridized carbons (Fsp3) is 0. The zero-order chi connectivity index (χ0) is 11.5. The van der Waals surface area contributed by atoms with Crippen LogP contribution < -0.4 is 0 Å². The van der Waals surface area contributed by atoms with E-state index in [0.29, 0.717) is 11.1 Å². The molecule has 2 aromatic carbocycles. The van der Waals surface area contributed by atoms with Crippen molar-refractivity contribution in [3.8, 4) is 17.2 Å². The molecule has 0 saturated carbocycles. The van der Waals surface area contributed by atoms with E-state index in [1.54, 1.807) is 24.3 Å². The van der Waals surface area contributed by atoms with Gasteiger partial charge in [-0.2, -0.15) is 5.26 Å². The van der Waals surface area contributed by atoms with E-state index in [0.717, 1.165) is 12.1 Å². The zero-order valence-corrected chi connectivity index (χ0v) is 8.24. The van der Waals surface area contributed by atoms with Crippen LogP contribution in [0.3, 0.4) is 0 Å². The van der Waals surface area contributed by atoms with Gasteiger partial charge in [0, 0.05) is 0 Å². The van der Waals surface area contributed by atoms with Crippen LogP contribution in [-0.4, -0.2) is 0 Å². The van der Waals surface area contributed by atoms with Crippen LogP contribution in [0.2, 0.25) is 0 Å². The maximum absolute atomic E-state index is 13.3. The molecule has 0 aromatic heterocycles. The van der Waals surface area contributed by atoms with Crippen LogP contribution in [0.1, 0.15) is 5.56 Å². The molecule has 2 aromatic rings. The van der Waals surface area contributed by atoms with E-state index >= 15 is 0 Å². The molecule has 2 rings (SSSR count). The number of nitriles is 1. The lowest BCUT2D eigenvalue weighted by Crippen LogP contribution is -1.91. The van der Waals surface area contributed by atoms with Crippen molar-refractivity contribution in [3.05, 3.63) is 59.7 Å². The number of halogens is 2. The predicted octanol–water partition coefficient (Wildman–Crippen LogP) is 3.50. The minimum Gasteiger partial charge on any atom is -0.205 e. The Morgan fingerprint density at radius 3 is 1.94 bits per heavy atom. The average molecular weight is 215 g/mol. The van der Waals surface area contributed by atoms with Crippen LogP contribution in [0, 0.1) is 23.0 Å². The highest BCUT2D eigenvalue weighted by Crippen LogP contribution is 2.23. The summed E-state index contributed by atoms with van der Waals surface area (Å²) in [4.78, 5) is 0. The summed E-state index contributed by atoms with van der Waals surface area (Å²) in [5.74, 6) is -1.66. The van der Waals surface area contributed by atoms with E-state index < -0.39 is 17.2 Å². The molecule has 78 valence electrons. The van der Waals surface area contributed by atoms with Crippen molar-refractivity contribution in [3.63, 3.8) is 0 Å². The van der Waals surface area contributed by atoms with Gasteiger partial charge in [-0.3, -0.25) is 0 Å². The van der Waals surface area contributed by atoms with E-state index in [9.17, 15) is 8.78 Å². The van der Waals surface area contributed by atoms with Crippen molar-refractivity contribution in [2.24, 2.45) is 0 Å². The highest BCUT2D eigenvalue weighted by atomic mass is 19.1. The van der Waals surface area contributed by atoms with Crippen LogP contribution in [-0.2, 0) is 0 Å². The van der Waals surface area contributed by atoms with Gasteiger partial charge in [0.1, 0.15) is 23.3 Å². The maximum atomic E-state index is 13.3. The summed E-state index contributed by atoms with van der Waals surface area (Å²) in [5.41, 5.74) is 0.596. The molecule has 3 heteroatoms. The molecule has 0 spiro atoms. The first kappa shape index (κ1) is 10.3. The van der Waals surface area contributed by atoms with Gasteiger partial charge in [0.25, 0.3) is 0 Å². The highest BCUT2D eigenvalue weighted by molar-refractivity contribution is 5.64. The molecule has 0 amide bonds. The molecular formula is C13H7F2N. The molecule has 0 heterocycles. The Bertz CT molecular complexity index is 533. The van der Waals surface area contributed by atoms with Gasteiger partial charge in [-0.15, -0.1) is 0 Å². The smallest absolute Gasteiger partial charge is 0.144 e. The predicted molar refractivity (Wildman–Crippen MR) is 56.5 cm³/mol. The Labute approximate surface area is 91.6 Å². The largest absolute Gasteiger partial charge is 0.205 e. The highest BCUT2D eigenvalue weighted by Gasteiger charge is 2.11. The Hall–Kier alpha value is -2.21. The molecule has 1 nitrogen and oxygen atoms in total. The fourth-order valence-electron chi connectivity index (χ4n) is 1.48. The fourth-order valence-corrected chi connectivity index (χ4v) is 1.48. The summed E-state index contributed by atoms with van der Waals surface area (Å²) < 4.78 is 26.7. The third kappa shape index (κ3) is 1.78. The molecule has 0 aliphatic rings. The van der Waals surface area contributed by atoms with Crippen LogP contribution in [0.5, 0.6) is 0 Å². The second-order valence-corrected chi connectivity index (χ2v) is 3.29. The molecule has 0 unspecified atom stereocenters. The van der Waals surface area contributed by atoms with Gasteiger partial charge in [0.05, 0.1) is 0 Å². The Kier molecular flexibility index (Phi) is 2.65. The lowest BCUT2D eigenvalue weighted by molar-refractivity contribution is 0.577. The van der Waals surface area contributed by atoms with E-state index in [-0.39, 0.29) is 0 Å². The van der Waals surface area contributed by atoms with Gasteiger partial charge < -0.3 is 0 Å². The summed E-state index contributed by atoms with van der Waals surface area (Å²) in [6.45, 7) is 0. The second kappa shape index (κ2) is 4.11. The summed E-state index contributed by atoms with van der Waals surface area (Å²) >= 11 is 0. The van der Waals surface area contributed by atoms with Crippen molar-refractivity contribution in [1.82, 2.24) is 0 Å². The number of hydrogen-bond donors (Lipinski definition) is 0. The second-order valence-electron chi connectivity index (χ2n) is 3.29. The summed E-state index contributed by atoms with van der Waals surface area (Å²) in [7, 11) is 0. The average Bonchev–Trinajstić information content (AvgIpc) is 2.30. The monoisotopic (exact) mass is 215 g/mol. The quantitative estimate of drug-likeness (QED) is 0.714. The number of nitrogens with zero attached hydrogens (tertiary/aromatic N) is 1. The first-order valence-corrected chi connectivity index (χ1v) is 4.67. The first-order chi connectivity index (χ1) is 7.72. The Balaban J connectivity index is 2.58. The van der Waals surface area contributed by atoms with Gasteiger partial charge in [0.15, 0.2) is 0 Å². The van der Waals surface area contributed by atoms with Crippen LogP contribution >= 0.6 is 0 Å². The number of benzene rings is 2. The van der Waals surface area contributed by atoms with Gasteiger partial charge in [0.2, 0.25) is 0 Å². The Morgan fingerprint density at radius 1 is 0.875 bits per heavy atom. The van der Waals surface area contributed by atoms with E-state index in [2.05, 4.69) is 0 Å². The Morgan fingerprint density at radius 2 is 1.44 bits per heavy atom. The summed E-state index contributed by atoms with van der Waals surface area (Å²) in [6.07, 6.45) is 0. The standard InChI is InChI=1S/C13H7F2N/c14-12-6-10(7-13(15)11(12)8-16)9-4-2-1-3-5-9/h1-7H. The van der Waals surface area contributed by atoms with Crippen molar-refractivity contribution in [2.75, 3.05) is 0 Å². The van der Waals surface area contributed by atoms with Crippen molar-refractivity contribution < 1.29 is 8.78 Å². The van der Waals surface area contributed by atoms with Crippen LogP contribution in [0.15, 0.2) is 42.5 Å². The molecule has 0 atom stereocenters. The number of rotatable bonds is 1. The van der Waals surface area contributed by atoms with Crippen molar-refractivity contribution in [1.29, 1.82) is 5.26 Å². The van der Waals surface area contributed by atoms with Gasteiger partial charge >= 0.3 is 0 Å². The third-order valence-electron chi connectivity index (χ3n) is 2.26. The maximum Gasteiger partial charge on any atom is 0.144 e. The minimum atomic E-state index is -0.832. The normalized spacial score (nSPS) is 9.81. The molecule has 0 fully saturated rings. The molecule has 0 aliphatic carbocycles. The number of hydrogen-bond acceptors (Lipinski definition) is 1. The molecule has 16 heavy (non-hydrogen) atoms. The minimum absolute atomic E-state index is 0.426. The molecular weight excluding hydrogens is 208 g/mol. The third-order valence-corrected chi connectivity index (χ3v) is 2.26. The lowest BCUT2D eigenvalue weighted by Gasteiger charge is -2.03. The van der Waals surface area contributed by atoms with Gasteiger partial charge in [-0.1, -0.05) is 30.3 Å². The molecule has 0 saturated heterocycles. The van der Waals surface area contributed by atoms with Gasteiger partial charge in [-0.05, 0) is 23.3 Å². The van der Waals surface area contributed by atoms with E-state index in [1.165, 1.54) is 6.07 Å². The van der Waals surface area contributed by atoms with Crippen LogP contribution in [0.4, 0.5) is 8.78 Å². The van der Waals surface area contributed by atoms with E-state index in [1.807, 2.05) is 6.07 Å². The first-order valence-electron chi connectivity index (χ1n) is 4.67. The van der Waals surface area contributed by atoms with E-state index in [4.69, 9.17) is 5.26 Å². The van der Waals surface area contributed by atoms with Crippen molar-refractivity contribution >= 4 is 0 Å². The van der Waals surface area contributed by atoms with Crippen LogP contribution in [0.25, 0.3) is 11.1 Å². The van der Waals surface area contributed by atoms with Gasteiger partial charge in [-0.25, -0.2) is 8.78 Å². The molecule has 0 bridgehead atoms. The molecule has 0 aliphatic heterocycles. The zero-order valence-electron chi connectivity index (χ0n) is 8.24. The molecule has 0 N–H and O–H groups in total. The topological polar surface area (TPSA) is 23.8 Å². The lowest BCUT2D eigenvalue weighted by atomic mass is 10.0. The molecule has 0 radical (unpaired) electrons. The SMILES string of the molecule is N#Cc1c(F)cc(-c2ccccc2)cc1F.